The molecule has 1 rings (SSSR count). The van der Waals surface area contributed by atoms with Crippen molar-refractivity contribution in [2.75, 3.05) is 7.11 Å². The molecule has 4 heteroatoms. The summed E-state index contributed by atoms with van der Waals surface area (Å²) in [7, 11) is 1.40. The maximum atomic E-state index is 10.6. The van der Waals surface area contributed by atoms with E-state index in [4.69, 9.17) is 15.3 Å². The summed E-state index contributed by atoms with van der Waals surface area (Å²) < 4.78 is 4.89. The third-order valence-electron chi connectivity index (χ3n) is 1.74. The van der Waals surface area contributed by atoms with Gasteiger partial charge in [0.1, 0.15) is 17.9 Å². The van der Waals surface area contributed by atoms with Crippen LogP contribution >= 0.6 is 0 Å². The molecule has 0 spiro atoms. The quantitative estimate of drug-likeness (QED) is 0.651. The van der Waals surface area contributed by atoms with Crippen LogP contribution < -0.4 is 4.74 Å². The first-order valence-corrected chi connectivity index (χ1v) is 3.74. The highest BCUT2D eigenvalue weighted by molar-refractivity contribution is 5.81. The number of hydrogen-bond acceptors (Lipinski definition) is 4. The van der Waals surface area contributed by atoms with Gasteiger partial charge >= 0.3 is 0 Å². The fourth-order valence-corrected chi connectivity index (χ4v) is 1.05. The topological polar surface area (TPSA) is 73.9 Å². The van der Waals surface area contributed by atoms with Gasteiger partial charge in [-0.3, -0.25) is 4.79 Å². The van der Waals surface area contributed by atoms with Crippen LogP contribution in [0.5, 0.6) is 5.75 Å². The van der Waals surface area contributed by atoms with E-state index in [2.05, 4.69) is 0 Å². The lowest BCUT2D eigenvalue weighted by molar-refractivity contribution is 0.112. The Balaban J connectivity index is 3.47. The molecular formula is C10H6N2O2. The first kappa shape index (κ1) is 9.76. The molecule has 1 aromatic carbocycles. The Bertz CT molecular complexity index is 452. The van der Waals surface area contributed by atoms with Gasteiger partial charge in [-0.2, -0.15) is 10.5 Å². The number of benzene rings is 1. The summed E-state index contributed by atoms with van der Waals surface area (Å²) >= 11 is 0. The van der Waals surface area contributed by atoms with Gasteiger partial charge in [-0.05, 0) is 12.1 Å². The van der Waals surface area contributed by atoms with Gasteiger partial charge in [0.15, 0.2) is 6.29 Å². The molecule has 0 atom stereocenters. The minimum atomic E-state index is 0.176. The van der Waals surface area contributed by atoms with Crippen LogP contribution in [0.15, 0.2) is 12.1 Å². The van der Waals surface area contributed by atoms with E-state index in [9.17, 15) is 4.79 Å². The molecule has 0 unspecified atom stereocenters. The zero-order valence-electron chi connectivity index (χ0n) is 7.44. The van der Waals surface area contributed by atoms with E-state index in [1.165, 1.54) is 19.2 Å². The molecule has 0 aliphatic carbocycles. The number of carbonyl (C=O) groups is 1. The predicted octanol–water partition coefficient (Wildman–Crippen LogP) is 1.25. The Morgan fingerprint density at radius 2 is 1.86 bits per heavy atom. The number of nitriles is 2. The number of carbonyl (C=O) groups excluding carboxylic acids is 1. The van der Waals surface area contributed by atoms with Crippen LogP contribution in [0.4, 0.5) is 0 Å². The van der Waals surface area contributed by atoms with E-state index in [0.717, 1.165) is 0 Å². The van der Waals surface area contributed by atoms with E-state index in [0.29, 0.717) is 12.0 Å². The van der Waals surface area contributed by atoms with Crippen LogP contribution in [0.2, 0.25) is 0 Å². The lowest BCUT2D eigenvalue weighted by atomic mass is 10.1. The van der Waals surface area contributed by atoms with Gasteiger partial charge in [-0.1, -0.05) is 0 Å². The summed E-state index contributed by atoms with van der Waals surface area (Å²) in [6.45, 7) is 0. The van der Waals surface area contributed by atoms with Gasteiger partial charge in [0.25, 0.3) is 0 Å². The lowest BCUT2D eigenvalue weighted by Gasteiger charge is -2.04. The Kier molecular flexibility index (Phi) is 2.83. The zero-order valence-corrected chi connectivity index (χ0v) is 7.44. The molecule has 0 aliphatic rings. The third kappa shape index (κ3) is 1.55. The van der Waals surface area contributed by atoms with Crippen LogP contribution in [0.3, 0.4) is 0 Å². The highest BCUT2D eigenvalue weighted by Crippen LogP contribution is 2.21. The monoisotopic (exact) mass is 186 g/mol. The van der Waals surface area contributed by atoms with Crippen molar-refractivity contribution in [2.45, 2.75) is 0 Å². The Morgan fingerprint density at radius 3 is 2.29 bits per heavy atom. The summed E-state index contributed by atoms with van der Waals surface area (Å²) in [6.07, 6.45) is 0.584. The van der Waals surface area contributed by atoms with Crippen molar-refractivity contribution in [3.05, 3.63) is 28.8 Å². The maximum Gasteiger partial charge on any atom is 0.153 e. The summed E-state index contributed by atoms with van der Waals surface area (Å²) in [4.78, 5) is 10.6. The molecule has 1 aromatic rings. The van der Waals surface area contributed by atoms with Crippen molar-refractivity contribution in [1.29, 1.82) is 10.5 Å². The van der Waals surface area contributed by atoms with E-state index >= 15 is 0 Å². The number of methoxy groups -OCH3 is 1. The second-order valence-corrected chi connectivity index (χ2v) is 2.48. The van der Waals surface area contributed by atoms with E-state index in [1.54, 1.807) is 0 Å². The van der Waals surface area contributed by atoms with Crippen molar-refractivity contribution >= 4 is 6.29 Å². The van der Waals surface area contributed by atoms with Crippen LogP contribution in [-0.4, -0.2) is 13.4 Å². The molecule has 0 saturated heterocycles. The van der Waals surface area contributed by atoms with Crippen LogP contribution in [0.1, 0.15) is 21.5 Å². The highest BCUT2D eigenvalue weighted by atomic mass is 16.5. The second kappa shape index (κ2) is 4.06. The molecule has 4 nitrogen and oxygen atoms in total. The maximum absolute atomic E-state index is 10.6. The molecule has 68 valence electrons. The average molecular weight is 186 g/mol. The Labute approximate surface area is 81.0 Å². The molecule has 0 saturated carbocycles. The first-order valence-electron chi connectivity index (χ1n) is 3.74. The van der Waals surface area contributed by atoms with Crippen molar-refractivity contribution in [3.8, 4) is 17.9 Å². The molecule has 0 heterocycles. The molecule has 0 aromatic heterocycles. The van der Waals surface area contributed by atoms with Gasteiger partial charge in [-0.25, -0.2) is 0 Å². The fraction of sp³-hybridized carbons (Fsp3) is 0.100. The van der Waals surface area contributed by atoms with Crippen molar-refractivity contribution in [3.63, 3.8) is 0 Å². The molecule has 0 N–H and O–H groups in total. The number of aldehydes is 1. The summed E-state index contributed by atoms with van der Waals surface area (Å²) in [5.74, 6) is 0.301. The smallest absolute Gasteiger partial charge is 0.153 e. The second-order valence-electron chi connectivity index (χ2n) is 2.48. The van der Waals surface area contributed by atoms with Crippen LogP contribution in [0, 0.1) is 22.7 Å². The largest absolute Gasteiger partial charge is 0.496 e. The SMILES string of the molecule is COc1cc(C#N)c(C#N)cc1C=O. The Hall–Kier alpha value is -2.33. The number of rotatable bonds is 2. The molecule has 14 heavy (non-hydrogen) atoms. The number of ether oxygens (including phenoxy) is 1. The summed E-state index contributed by atoms with van der Waals surface area (Å²) in [5.41, 5.74) is 0.647. The predicted molar refractivity (Wildman–Crippen MR) is 47.8 cm³/mol. The zero-order chi connectivity index (χ0) is 10.6. The summed E-state index contributed by atoms with van der Waals surface area (Å²) in [5, 5.41) is 17.4. The van der Waals surface area contributed by atoms with E-state index in [1.807, 2.05) is 12.1 Å². The van der Waals surface area contributed by atoms with Gasteiger partial charge in [0.05, 0.1) is 23.8 Å². The number of hydrogen-bond donors (Lipinski definition) is 0. The first-order chi connectivity index (χ1) is 6.76. The number of nitrogens with zero attached hydrogens (tertiary/aromatic N) is 2. The molecule has 0 bridgehead atoms. The molecule has 0 amide bonds. The van der Waals surface area contributed by atoms with Crippen molar-refractivity contribution in [1.82, 2.24) is 0 Å². The van der Waals surface area contributed by atoms with Crippen LogP contribution in [-0.2, 0) is 0 Å². The molecule has 0 fully saturated rings. The summed E-state index contributed by atoms with van der Waals surface area (Å²) in [6, 6.07) is 6.40. The Morgan fingerprint density at radius 1 is 1.29 bits per heavy atom. The van der Waals surface area contributed by atoms with Crippen LogP contribution in [0.25, 0.3) is 0 Å². The minimum Gasteiger partial charge on any atom is -0.496 e. The van der Waals surface area contributed by atoms with Gasteiger partial charge in [0, 0.05) is 0 Å². The molecular weight excluding hydrogens is 180 g/mol. The van der Waals surface area contributed by atoms with Gasteiger partial charge in [0.2, 0.25) is 0 Å². The molecule has 0 aliphatic heterocycles. The third-order valence-corrected chi connectivity index (χ3v) is 1.74. The molecule has 0 radical (unpaired) electrons. The average Bonchev–Trinajstić information content (AvgIpc) is 2.26. The van der Waals surface area contributed by atoms with Crippen molar-refractivity contribution < 1.29 is 9.53 Å². The normalized spacial score (nSPS) is 8.50. The highest BCUT2D eigenvalue weighted by Gasteiger charge is 2.08. The van der Waals surface area contributed by atoms with Gasteiger partial charge in [-0.15, -0.1) is 0 Å². The lowest BCUT2D eigenvalue weighted by Crippen LogP contribution is -1.94. The standard InChI is InChI=1S/C10H6N2O2/c1-14-10-3-8(5-12)7(4-11)2-9(10)6-13/h2-3,6H,1H3. The van der Waals surface area contributed by atoms with Gasteiger partial charge < -0.3 is 4.74 Å². The fourth-order valence-electron chi connectivity index (χ4n) is 1.05. The minimum absolute atomic E-state index is 0.176. The van der Waals surface area contributed by atoms with E-state index in [-0.39, 0.29) is 16.7 Å². The van der Waals surface area contributed by atoms with E-state index < -0.39 is 0 Å². The van der Waals surface area contributed by atoms with Crippen molar-refractivity contribution in [2.24, 2.45) is 0 Å².